The van der Waals surface area contributed by atoms with Gasteiger partial charge in [0.2, 0.25) is 0 Å². The highest BCUT2D eigenvalue weighted by Crippen LogP contribution is 2.30. The van der Waals surface area contributed by atoms with Crippen molar-refractivity contribution in [3.63, 3.8) is 0 Å². The van der Waals surface area contributed by atoms with Crippen LogP contribution in [0.2, 0.25) is 0 Å². The van der Waals surface area contributed by atoms with Gasteiger partial charge in [-0.2, -0.15) is 18.4 Å². The number of nitrogens with zero attached hydrogens (tertiary/aromatic N) is 2. The van der Waals surface area contributed by atoms with Crippen molar-refractivity contribution in [2.24, 2.45) is 0 Å². The highest BCUT2D eigenvalue weighted by molar-refractivity contribution is 5.97. The van der Waals surface area contributed by atoms with E-state index in [2.05, 4.69) is 5.32 Å². The Morgan fingerprint density at radius 3 is 2.43 bits per heavy atom. The van der Waals surface area contributed by atoms with Gasteiger partial charge in [-0.3, -0.25) is 4.79 Å². The number of alkyl halides is 3. The van der Waals surface area contributed by atoms with Gasteiger partial charge < -0.3 is 10.2 Å². The number of hydrogen-bond acceptors (Lipinski definition) is 3. The van der Waals surface area contributed by atoms with Gasteiger partial charge in [-0.15, -0.1) is 0 Å². The minimum Gasteiger partial charge on any atom is -0.360 e. The molecule has 0 aromatic heterocycles. The number of nitriles is 1. The van der Waals surface area contributed by atoms with E-state index in [-0.39, 0.29) is 17.3 Å². The number of rotatable bonds is 6. The van der Waals surface area contributed by atoms with Crippen molar-refractivity contribution >= 4 is 11.6 Å². The van der Waals surface area contributed by atoms with Crippen LogP contribution in [0.15, 0.2) is 66.4 Å². The molecule has 0 spiro atoms. The Labute approximate surface area is 161 Å². The molecule has 1 amide bonds. The Morgan fingerprint density at radius 2 is 1.86 bits per heavy atom. The Kier molecular flexibility index (Phi) is 6.83. The molecule has 0 unspecified atom stereocenters. The molecule has 7 heteroatoms. The number of carbonyl (C=O) groups is 1. The van der Waals surface area contributed by atoms with Crippen molar-refractivity contribution in [3.8, 4) is 6.07 Å². The van der Waals surface area contributed by atoms with Crippen molar-refractivity contribution < 1.29 is 18.0 Å². The van der Waals surface area contributed by atoms with Crippen molar-refractivity contribution in [2.45, 2.75) is 32.6 Å². The first kappa shape index (κ1) is 21.0. The fourth-order valence-corrected chi connectivity index (χ4v) is 2.51. The van der Waals surface area contributed by atoms with Gasteiger partial charge in [0.15, 0.2) is 0 Å². The number of amides is 1. The van der Waals surface area contributed by atoms with Crippen LogP contribution in [0, 0.1) is 11.3 Å². The quantitative estimate of drug-likeness (QED) is 0.563. The predicted molar refractivity (Wildman–Crippen MR) is 101 cm³/mol. The molecule has 0 atom stereocenters. The molecule has 2 rings (SSSR count). The Hall–Kier alpha value is -3.27. The summed E-state index contributed by atoms with van der Waals surface area (Å²) in [5, 5.41) is 12.0. The van der Waals surface area contributed by atoms with Crippen LogP contribution >= 0.6 is 0 Å². The number of carbonyl (C=O) groups excluding carboxylic acids is 1. The molecule has 2 aromatic carbocycles. The van der Waals surface area contributed by atoms with Crippen LogP contribution in [0.25, 0.3) is 0 Å². The van der Waals surface area contributed by atoms with Crippen molar-refractivity contribution in [1.82, 2.24) is 4.90 Å². The van der Waals surface area contributed by atoms with Crippen LogP contribution in [-0.4, -0.2) is 16.8 Å². The van der Waals surface area contributed by atoms with Crippen LogP contribution < -0.4 is 5.32 Å². The van der Waals surface area contributed by atoms with Crippen LogP contribution in [0.4, 0.5) is 18.9 Å². The van der Waals surface area contributed by atoms with Gasteiger partial charge >= 0.3 is 6.18 Å². The van der Waals surface area contributed by atoms with E-state index < -0.39 is 17.6 Å². The summed E-state index contributed by atoms with van der Waals surface area (Å²) in [7, 11) is 0. The Morgan fingerprint density at radius 1 is 1.18 bits per heavy atom. The zero-order valence-corrected chi connectivity index (χ0v) is 15.5. The van der Waals surface area contributed by atoms with Gasteiger partial charge in [-0.25, -0.2) is 0 Å². The fourth-order valence-electron chi connectivity index (χ4n) is 2.51. The van der Waals surface area contributed by atoms with Crippen LogP contribution in [0.5, 0.6) is 0 Å². The SMILES string of the molecule is CC(C)N(Cc1ccccc1)C(=O)/C(C#N)=C\Nc1cccc(C(F)(F)F)c1. The summed E-state index contributed by atoms with van der Waals surface area (Å²) in [4.78, 5) is 14.3. The highest BCUT2D eigenvalue weighted by atomic mass is 19.4. The second-order valence-corrected chi connectivity index (χ2v) is 6.41. The molecule has 0 heterocycles. The van der Waals surface area contributed by atoms with Crippen LogP contribution in [0.3, 0.4) is 0 Å². The van der Waals surface area contributed by atoms with E-state index in [1.165, 1.54) is 17.0 Å². The lowest BCUT2D eigenvalue weighted by Crippen LogP contribution is -2.37. The van der Waals surface area contributed by atoms with Gasteiger partial charge in [-0.1, -0.05) is 36.4 Å². The van der Waals surface area contributed by atoms with Gasteiger partial charge in [0.1, 0.15) is 11.6 Å². The molecule has 0 aliphatic carbocycles. The second kappa shape index (κ2) is 9.09. The summed E-state index contributed by atoms with van der Waals surface area (Å²) >= 11 is 0. The maximum atomic E-state index is 12.8. The highest BCUT2D eigenvalue weighted by Gasteiger charge is 2.30. The predicted octanol–water partition coefficient (Wildman–Crippen LogP) is 4.96. The van der Waals surface area contributed by atoms with Crippen LogP contribution in [-0.2, 0) is 17.5 Å². The molecule has 0 radical (unpaired) electrons. The third kappa shape index (κ3) is 5.61. The van der Waals surface area contributed by atoms with Crippen molar-refractivity contribution in [2.75, 3.05) is 5.32 Å². The maximum Gasteiger partial charge on any atom is 0.416 e. The van der Waals surface area contributed by atoms with E-state index in [1.807, 2.05) is 50.2 Å². The lowest BCUT2D eigenvalue weighted by Gasteiger charge is -2.26. The van der Waals surface area contributed by atoms with Crippen LogP contribution in [0.1, 0.15) is 25.0 Å². The molecule has 1 N–H and O–H groups in total. The average Bonchev–Trinajstić information content (AvgIpc) is 2.66. The molecule has 28 heavy (non-hydrogen) atoms. The summed E-state index contributed by atoms with van der Waals surface area (Å²) in [5.41, 5.74) is 0.0351. The van der Waals surface area contributed by atoms with E-state index in [0.29, 0.717) is 6.54 Å². The first-order valence-corrected chi connectivity index (χ1v) is 8.61. The van der Waals surface area contributed by atoms with Gasteiger partial charge in [-0.05, 0) is 37.6 Å². The summed E-state index contributed by atoms with van der Waals surface area (Å²) in [6.45, 7) is 3.98. The first-order chi connectivity index (χ1) is 13.2. The lowest BCUT2D eigenvalue weighted by atomic mass is 10.1. The number of hydrogen-bond donors (Lipinski definition) is 1. The van der Waals surface area contributed by atoms with Gasteiger partial charge in [0, 0.05) is 24.5 Å². The van der Waals surface area contributed by atoms with E-state index in [9.17, 15) is 23.2 Å². The topological polar surface area (TPSA) is 56.1 Å². The number of anilines is 1. The smallest absolute Gasteiger partial charge is 0.360 e. The maximum absolute atomic E-state index is 12.8. The number of nitrogens with one attached hydrogen (secondary N) is 1. The Balaban J connectivity index is 2.20. The minimum absolute atomic E-state index is 0.134. The van der Waals surface area contributed by atoms with Crippen molar-refractivity contribution in [1.29, 1.82) is 5.26 Å². The molecular formula is C21H20F3N3O. The molecule has 0 aliphatic rings. The summed E-state index contributed by atoms with van der Waals surface area (Å²) in [5.74, 6) is -0.499. The molecular weight excluding hydrogens is 367 g/mol. The standard InChI is InChI=1S/C21H20F3N3O/c1-15(2)27(14-16-7-4-3-5-8-16)20(28)17(12-25)13-26-19-10-6-9-18(11-19)21(22,23)24/h3-11,13,15,26H,14H2,1-2H3/b17-13-. The van der Waals surface area contributed by atoms with Gasteiger partial charge in [0.05, 0.1) is 5.56 Å². The third-order valence-electron chi connectivity index (χ3n) is 4.00. The largest absolute Gasteiger partial charge is 0.416 e. The summed E-state index contributed by atoms with van der Waals surface area (Å²) in [6, 6.07) is 15.5. The fraction of sp³-hybridized carbons (Fsp3) is 0.238. The third-order valence-corrected chi connectivity index (χ3v) is 4.00. The molecule has 0 fully saturated rings. The van der Waals surface area contributed by atoms with Gasteiger partial charge in [0.25, 0.3) is 5.91 Å². The average molecular weight is 387 g/mol. The van der Waals surface area contributed by atoms with E-state index >= 15 is 0 Å². The zero-order valence-electron chi connectivity index (χ0n) is 15.5. The molecule has 2 aromatic rings. The molecule has 0 bridgehead atoms. The lowest BCUT2D eigenvalue weighted by molar-refractivity contribution is -0.137. The van der Waals surface area contributed by atoms with E-state index in [1.54, 1.807) is 0 Å². The molecule has 146 valence electrons. The number of benzene rings is 2. The monoisotopic (exact) mass is 387 g/mol. The molecule has 0 saturated heterocycles. The Bertz CT molecular complexity index is 884. The number of halogens is 3. The minimum atomic E-state index is -4.47. The normalized spacial score (nSPS) is 11.8. The molecule has 0 aliphatic heterocycles. The second-order valence-electron chi connectivity index (χ2n) is 6.41. The zero-order chi connectivity index (χ0) is 20.7. The van der Waals surface area contributed by atoms with E-state index in [0.717, 1.165) is 23.9 Å². The first-order valence-electron chi connectivity index (χ1n) is 8.61. The molecule has 0 saturated carbocycles. The molecule has 4 nitrogen and oxygen atoms in total. The summed E-state index contributed by atoms with van der Waals surface area (Å²) in [6.07, 6.45) is -3.34. The summed E-state index contributed by atoms with van der Waals surface area (Å²) < 4.78 is 38.4. The van der Waals surface area contributed by atoms with Crippen molar-refractivity contribution in [3.05, 3.63) is 77.5 Å². The van der Waals surface area contributed by atoms with E-state index in [4.69, 9.17) is 0 Å².